The zero-order chi connectivity index (χ0) is 14.3. The van der Waals surface area contributed by atoms with Crippen molar-refractivity contribution in [3.8, 4) is 0 Å². The van der Waals surface area contributed by atoms with Crippen LogP contribution in [0.1, 0.15) is 18.1 Å². The van der Waals surface area contributed by atoms with Gasteiger partial charge in [0.05, 0.1) is 0 Å². The van der Waals surface area contributed by atoms with Crippen LogP contribution in [0.15, 0.2) is 35.5 Å². The maximum atomic E-state index is 12.2. The molecule has 0 saturated carbocycles. The molecule has 6 heteroatoms. The summed E-state index contributed by atoms with van der Waals surface area (Å²) in [6.07, 6.45) is -0.331. The van der Waals surface area contributed by atoms with Crippen LogP contribution in [0.4, 0.5) is 0 Å². The molecule has 104 valence electrons. The van der Waals surface area contributed by atoms with E-state index >= 15 is 0 Å². The molecule has 0 aromatic heterocycles. The van der Waals surface area contributed by atoms with E-state index < -0.39 is 6.10 Å². The lowest BCUT2D eigenvalue weighted by Crippen LogP contribution is -2.35. The number of benzene rings is 1. The number of likely N-dealkylation sites (N-methyl/N-ethyl adjacent to an activating group) is 1. The van der Waals surface area contributed by atoms with E-state index in [1.165, 1.54) is 12.0 Å². The molecule has 0 spiro atoms. The van der Waals surface area contributed by atoms with Crippen molar-refractivity contribution >= 4 is 11.7 Å². The number of amidine groups is 1. The molecule has 0 bridgehead atoms. The van der Waals surface area contributed by atoms with Gasteiger partial charge < -0.3 is 20.6 Å². The highest BCUT2D eigenvalue weighted by Crippen LogP contribution is 2.18. The topological polar surface area (TPSA) is 88.2 Å². The van der Waals surface area contributed by atoms with Gasteiger partial charge in [-0.05, 0) is 5.56 Å². The first kappa shape index (κ1) is 15.0. The number of oxime groups is 1. The minimum atomic E-state index is -0.640. The van der Waals surface area contributed by atoms with E-state index in [0.717, 1.165) is 5.56 Å². The first-order chi connectivity index (χ1) is 9.10. The second kappa shape index (κ2) is 7.38. The Morgan fingerprint density at radius 2 is 2.11 bits per heavy atom. The molecule has 1 unspecified atom stereocenters. The average molecular weight is 265 g/mol. The number of nitrogens with zero attached hydrogens (tertiary/aromatic N) is 2. The highest BCUT2D eigenvalue weighted by atomic mass is 16.5. The van der Waals surface area contributed by atoms with Crippen LogP contribution < -0.4 is 5.73 Å². The van der Waals surface area contributed by atoms with E-state index in [9.17, 15) is 4.79 Å². The molecule has 19 heavy (non-hydrogen) atoms. The second-order valence-electron chi connectivity index (χ2n) is 4.13. The average Bonchev–Trinajstić information content (AvgIpc) is 2.46. The summed E-state index contributed by atoms with van der Waals surface area (Å²) in [6, 6.07) is 9.26. The van der Waals surface area contributed by atoms with Crippen molar-refractivity contribution in [2.75, 3.05) is 20.7 Å². The molecule has 0 aliphatic heterocycles. The Hall–Kier alpha value is -2.08. The monoisotopic (exact) mass is 265 g/mol. The molecule has 1 aromatic carbocycles. The summed E-state index contributed by atoms with van der Waals surface area (Å²) in [5.74, 6) is -0.0761. The molecule has 0 radical (unpaired) electrons. The molecule has 1 amide bonds. The summed E-state index contributed by atoms with van der Waals surface area (Å²) in [6.45, 7) is 0.363. The van der Waals surface area contributed by atoms with Gasteiger partial charge in [0.25, 0.3) is 5.91 Å². The van der Waals surface area contributed by atoms with Crippen molar-refractivity contribution in [1.82, 2.24) is 4.90 Å². The number of methoxy groups -OCH3 is 1. The molecule has 6 nitrogen and oxygen atoms in total. The minimum Gasteiger partial charge on any atom is -0.409 e. The summed E-state index contributed by atoms with van der Waals surface area (Å²) < 4.78 is 5.25. The van der Waals surface area contributed by atoms with Gasteiger partial charge in [0.2, 0.25) is 0 Å². The third kappa shape index (κ3) is 4.26. The zero-order valence-electron chi connectivity index (χ0n) is 11.1. The molecule has 0 aliphatic rings. The lowest BCUT2D eigenvalue weighted by atomic mass is 10.1. The quantitative estimate of drug-likeness (QED) is 0.347. The maximum absolute atomic E-state index is 12.2. The molecule has 0 aliphatic carbocycles. The van der Waals surface area contributed by atoms with E-state index in [1.807, 2.05) is 30.3 Å². The molecule has 0 heterocycles. The highest BCUT2D eigenvalue weighted by Gasteiger charge is 2.23. The number of hydrogen-bond donors (Lipinski definition) is 2. The van der Waals surface area contributed by atoms with Gasteiger partial charge in [0, 0.05) is 27.1 Å². The van der Waals surface area contributed by atoms with Crippen LogP contribution in [-0.2, 0) is 9.53 Å². The van der Waals surface area contributed by atoms with E-state index in [-0.39, 0.29) is 11.7 Å². The second-order valence-corrected chi connectivity index (χ2v) is 4.13. The summed E-state index contributed by atoms with van der Waals surface area (Å²) in [7, 11) is 3.15. The van der Waals surface area contributed by atoms with Crippen LogP contribution in [0, 0.1) is 0 Å². The van der Waals surface area contributed by atoms with Crippen LogP contribution in [-0.4, -0.2) is 42.6 Å². The van der Waals surface area contributed by atoms with Crippen molar-refractivity contribution in [2.45, 2.75) is 12.5 Å². The summed E-state index contributed by atoms with van der Waals surface area (Å²) in [5.41, 5.74) is 6.17. The predicted octanol–water partition coefficient (Wildman–Crippen LogP) is 0.969. The van der Waals surface area contributed by atoms with Gasteiger partial charge in [-0.2, -0.15) is 0 Å². The Balaban J connectivity index is 2.68. The Kier molecular flexibility index (Phi) is 5.81. The smallest absolute Gasteiger partial charge is 0.256 e. The number of ether oxygens (including phenoxy) is 1. The van der Waals surface area contributed by atoms with Crippen LogP contribution in [0.25, 0.3) is 0 Å². The molecule has 1 rings (SSSR count). The lowest BCUT2D eigenvalue weighted by Gasteiger charge is -2.23. The minimum absolute atomic E-state index is 0.0910. The first-order valence-electron chi connectivity index (χ1n) is 5.89. The Labute approximate surface area is 112 Å². The van der Waals surface area contributed by atoms with E-state index in [1.54, 1.807) is 7.05 Å². The number of rotatable bonds is 6. The van der Waals surface area contributed by atoms with Crippen LogP contribution in [0.3, 0.4) is 0 Å². The third-order valence-corrected chi connectivity index (χ3v) is 2.77. The van der Waals surface area contributed by atoms with Gasteiger partial charge in [0.1, 0.15) is 5.84 Å². The fraction of sp³-hybridized carbons (Fsp3) is 0.385. The SMILES string of the molecule is COC(C(=O)N(C)CCC(N)=NO)c1ccccc1. The van der Waals surface area contributed by atoms with Crippen molar-refractivity contribution in [2.24, 2.45) is 10.9 Å². The lowest BCUT2D eigenvalue weighted by molar-refractivity contribution is -0.140. The van der Waals surface area contributed by atoms with Crippen molar-refractivity contribution in [3.05, 3.63) is 35.9 Å². The van der Waals surface area contributed by atoms with E-state index in [0.29, 0.717) is 13.0 Å². The van der Waals surface area contributed by atoms with Gasteiger partial charge in [-0.1, -0.05) is 35.5 Å². The van der Waals surface area contributed by atoms with Crippen molar-refractivity contribution in [3.63, 3.8) is 0 Å². The fourth-order valence-corrected chi connectivity index (χ4v) is 1.65. The van der Waals surface area contributed by atoms with Gasteiger partial charge >= 0.3 is 0 Å². The van der Waals surface area contributed by atoms with Crippen LogP contribution in [0.2, 0.25) is 0 Å². The Morgan fingerprint density at radius 1 is 1.47 bits per heavy atom. The van der Waals surface area contributed by atoms with Gasteiger partial charge in [-0.25, -0.2) is 0 Å². The maximum Gasteiger partial charge on any atom is 0.256 e. The summed E-state index contributed by atoms with van der Waals surface area (Å²) in [4.78, 5) is 13.7. The molecule has 0 fully saturated rings. The van der Waals surface area contributed by atoms with Crippen LogP contribution in [0.5, 0.6) is 0 Å². The predicted molar refractivity (Wildman–Crippen MR) is 71.9 cm³/mol. The Bertz CT molecular complexity index is 434. The molecular weight excluding hydrogens is 246 g/mol. The fourth-order valence-electron chi connectivity index (χ4n) is 1.65. The molecule has 0 saturated heterocycles. The largest absolute Gasteiger partial charge is 0.409 e. The summed E-state index contributed by atoms with van der Waals surface area (Å²) in [5, 5.41) is 11.3. The standard InChI is InChI=1S/C13H19N3O3/c1-16(9-8-11(14)15-18)13(17)12(19-2)10-6-4-3-5-7-10/h3-7,12,18H,8-9H2,1-2H3,(H2,14,15). The van der Waals surface area contributed by atoms with Crippen LogP contribution >= 0.6 is 0 Å². The molecule has 1 atom stereocenters. The number of carbonyl (C=O) groups is 1. The molecule has 1 aromatic rings. The van der Waals surface area contributed by atoms with E-state index in [4.69, 9.17) is 15.7 Å². The normalized spacial score (nSPS) is 13.1. The van der Waals surface area contributed by atoms with Gasteiger partial charge in [0.15, 0.2) is 6.10 Å². The van der Waals surface area contributed by atoms with Gasteiger partial charge in [-0.3, -0.25) is 4.79 Å². The van der Waals surface area contributed by atoms with E-state index in [2.05, 4.69) is 5.16 Å². The number of nitrogens with two attached hydrogens (primary N) is 1. The third-order valence-electron chi connectivity index (χ3n) is 2.77. The number of hydrogen-bond acceptors (Lipinski definition) is 4. The zero-order valence-corrected chi connectivity index (χ0v) is 11.1. The summed E-state index contributed by atoms with van der Waals surface area (Å²) >= 11 is 0. The molecular formula is C13H19N3O3. The van der Waals surface area contributed by atoms with Crippen molar-refractivity contribution in [1.29, 1.82) is 0 Å². The number of amides is 1. The Morgan fingerprint density at radius 3 is 2.63 bits per heavy atom. The van der Waals surface area contributed by atoms with Crippen molar-refractivity contribution < 1.29 is 14.7 Å². The van der Waals surface area contributed by atoms with Gasteiger partial charge in [-0.15, -0.1) is 0 Å². The highest BCUT2D eigenvalue weighted by molar-refractivity contribution is 5.83. The first-order valence-corrected chi connectivity index (χ1v) is 5.89. The number of carbonyl (C=O) groups excluding carboxylic acids is 1. The molecule has 3 N–H and O–H groups in total.